The molecule has 0 aromatic rings. The topological polar surface area (TPSA) is 74.6 Å². The van der Waals surface area contributed by atoms with Gasteiger partial charge in [0.2, 0.25) is 0 Å². The normalized spacial score (nSPS) is 5.71. The van der Waals surface area contributed by atoms with Gasteiger partial charge in [-0.15, -0.1) is 0 Å². The summed E-state index contributed by atoms with van der Waals surface area (Å²) in [4.78, 5) is 0. The standard InChI is InChI=1S/CH4O.Li.HO3S/c1-2;;1-4(2)3/h2H,1H3;;(H,1,2,3)/q;+1;-1. The molecule has 0 aliphatic heterocycles. The molecule has 0 aromatic carbocycles. The monoisotopic (exact) mass is 120 g/mol. The number of rotatable bonds is 0. The predicted octanol–water partition coefficient (Wildman–Crippen LogP) is -3.62. The third kappa shape index (κ3) is 591. The van der Waals surface area contributed by atoms with E-state index in [1.807, 2.05) is 0 Å². The summed E-state index contributed by atoms with van der Waals surface area (Å²) in [7, 11) is -1.86. The molecule has 0 aromatic heterocycles. The van der Waals surface area contributed by atoms with Crippen LogP contribution < -0.4 is 18.9 Å². The van der Waals surface area contributed by atoms with E-state index >= 15 is 0 Å². The van der Waals surface area contributed by atoms with Crippen molar-refractivity contribution in [1.82, 2.24) is 0 Å². The fourth-order valence-electron chi connectivity index (χ4n) is 0. The fraction of sp³-hybridized carbons (Fsp3) is 1.00. The van der Waals surface area contributed by atoms with Gasteiger partial charge in [-0.1, -0.05) is 0 Å². The van der Waals surface area contributed by atoms with Gasteiger partial charge in [0.05, 0.1) is 0 Å². The first-order valence-corrected chi connectivity index (χ1v) is 1.99. The molecule has 40 valence electrons. The average molecular weight is 120 g/mol. The van der Waals surface area contributed by atoms with Gasteiger partial charge in [0.25, 0.3) is 0 Å². The van der Waals surface area contributed by atoms with Crippen LogP contribution in [0.25, 0.3) is 0 Å². The van der Waals surface area contributed by atoms with Gasteiger partial charge < -0.3 is 18.1 Å². The molecule has 7 heavy (non-hydrogen) atoms. The van der Waals surface area contributed by atoms with Gasteiger partial charge in [0.1, 0.15) is 0 Å². The number of aliphatic hydroxyl groups excluding tert-OH is 1. The Morgan fingerprint density at radius 2 is 1.29 bits per heavy atom. The Labute approximate surface area is 55.5 Å². The van der Waals surface area contributed by atoms with E-state index in [1.54, 1.807) is 0 Å². The summed E-state index contributed by atoms with van der Waals surface area (Å²) in [6.07, 6.45) is 0. The van der Waals surface area contributed by atoms with Crippen molar-refractivity contribution in [3.63, 3.8) is 0 Å². The van der Waals surface area contributed by atoms with Crippen molar-refractivity contribution in [1.29, 1.82) is 0 Å². The van der Waals surface area contributed by atoms with E-state index in [2.05, 4.69) is 0 Å². The van der Waals surface area contributed by atoms with Crippen molar-refractivity contribution in [2.24, 2.45) is 0 Å². The van der Waals surface area contributed by atoms with Gasteiger partial charge >= 0.3 is 18.9 Å². The number of aliphatic hydroxyl groups is 1. The van der Waals surface area contributed by atoms with Crippen molar-refractivity contribution in [2.75, 3.05) is 7.11 Å². The zero-order chi connectivity index (χ0) is 5.58. The molecule has 0 unspecified atom stereocenters. The molecule has 0 spiro atoms. The zero-order valence-electron chi connectivity index (χ0n) is 4.12. The van der Waals surface area contributed by atoms with E-state index in [1.165, 1.54) is 0 Å². The molecule has 0 amide bonds. The Hall–Kier alpha value is 0.467. The Balaban J connectivity index is -0.0000000480. The van der Waals surface area contributed by atoms with Gasteiger partial charge in [-0.3, -0.25) is 0 Å². The molecule has 0 heterocycles. The number of hydrogen-bond acceptors (Lipinski definition) is 4. The molecular weight excluding hydrogens is 115 g/mol. The molecule has 2 N–H and O–H groups in total. The number of hydrogen-bond donors (Lipinski definition) is 2. The molecule has 6 heteroatoms. The third-order valence-electron chi connectivity index (χ3n) is 0. The second-order valence-corrected chi connectivity index (χ2v) is 0.651. The molecule has 0 saturated carbocycles. The molecule has 0 atom stereocenters. The zero-order valence-corrected chi connectivity index (χ0v) is 4.94. The first-order valence-electron chi connectivity index (χ1n) is 0.963. The molecule has 0 bridgehead atoms. The van der Waals surface area contributed by atoms with E-state index in [0.717, 1.165) is 7.11 Å². The molecular formula is CH5LiO4S. The average Bonchev–Trinajstić information content (AvgIpc) is 1.41. The first kappa shape index (κ1) is 15.7. The SMILES string of the molecule is CO.O=[S-](=O)O.[Li+]. The second-order valence-electron chi connectivity index (χ2n) is 0.217. The smallest absolute Gasteiger partial charge is 0.439 e. The maximum absolute atomic E-state index is 8.56. The minimum absolute atomic E-state index is 0. The molecule has 0 fully saturated rings. The van der Waals surface area contributed by atoms with Crippen LogP contribution >= 0.6 is 0 Å². The van der Waals surface area contributed by atoms with Crippen molar-refractivity contribution in [3.05, 3.63) is 0 Å². The van der Waals surface area contributed by atoms with Crippen LogP contribution in [0.5, 0.6) is 0 Å². The molecule has 0 aliphatic carbocycles. The summed E-state index contributed by atoms with van der Waals surface area (Å²) < 4.78 is 24.1. The van der Waals surface area contributed by atoms with Crippen LogP contribution in [0.4, 0.5) is 0 Å². The molecule has 4 nitrogen and oxygen atoms in total. The quantitative estimate of drug-likeness (QED) is 0.150. The summed E-state index contributed by atoms with van der Waals surface area (Å²) in [5.41, 5.74) is 0. The summed E-state index contributed by atoms with van der Waals surface area (Å²) in [6.45, 7) is 0. The van der Waals surface area contributed by atoms with E-state index in [0.29, 0.717) is 0 Å². The largest absolute Gasteiger partial charge is 1.00 e. The van der Waals surface area contributed by atoms with E-state index < -0.39 is 11.0 Å². The van der Waals surface area contributed by atoms with Gasteiger partial charge in [-0.05, 0) is 0 Å². The minimum Gasteiger partial charge on any atom is -0.439 e. The van der Waals surface area contributed by atoms with E-state index in [9.17, 15) is 0 Å². The van der Waals surface area contributed by atoms with Gasteiger partial charge in [-0.25, -0.2) is 0 Å². The van der Waals surface area contributed by atoms with Crippen LogP contribution in [0.3, 0.4) is 0 Å². The van der Waals surface area contributed by atoms with Crippen molar-refractivity contribution >= 4 is 11.0 Å². The first-order chi connectivity index (χ1) is 2.73. The van der Waals surface area contributed by atoms with Crippen molar-refractivity contribution in [2.45, 2.75) is 0 Å². The molecule has 0 radical (unpaired) electrons. The van der Waals surface area contributed by atoms with Gasteiger partial charge in [-0.2, -0.15) is 0 Å². The molecule has 0 saturated heterocycles. The summed E-state index contributed by atoms with van der Waals surface area (Å²) in [5, 5.41) is 7.00. The van der Waals surface area contributed by atoms with Crippen LogP contribution in [0, 0.1) is 0 Å². The fourth-order valence-corrected chi connectivity index (χ4v) is 0. The Morgan fingerprint density at radius 1 is 1.29 bits per heavy atom. The van der Waals surface area contributed by atoms with Crippen LogP contribution in [0.2, 0.25) is 0 Å². The van der Waals surface area contributed by atoms with Gasteiger partial charge in [0.15, 0.2) is 0 Å². The van der Waals surface area contributed by atoms with E-state index in [4.69, 9.17) is 18.1 Å². The Bertz CT molecular complexity index is 60.1. The van der Waals surface area contributed by atoms with Gasteiger partial charge in [0, 0.05) is 18.1 Å². The van der Waals surface area contributed by atoms with Crippen LogP contribution in [0.15, 0.2) is 0 Å². The second kappa shape index (κ2) is 16.1. The van der Waals surface area contributed by atoms with Crippen LogP contribution in [-0.4, -0.2) is 16.8 Å². The maximum atomic E-state index is 8.56. The molecule has 0 aliphatic rings. The van der Waals surface area contributed by atoms with Crippen molar-refractivity contribution < 1.29 is 36.9 Å². The minimum atomic E-state index is -2.86. The predicted molar refractivity (Wildman–Crippen MR) is 19.5 cm³/mol. The van der Waals surface area contributed by atoms with Crippen molar-refractivity contribution in [3.8, 4) is 0 Å². The van der Waals surface area contributed by atoms with Crippen LogP contribution in [-0.2, 0) is 19.4 Å². The van der Waals surface area contributed by atoms with Crippen LogP contribution in [0.1, 0.15) is 0 Å². The maximum Gasteiger partial charge on any atom is 1.00 e. The van der Waals surface area contributed by atoms with E-state index in [-0.39, 0.29) is 18.9 Å². The Kier molecular flexibility index (Phi) is 36.0. The summed E-state index contributed by atoms with van der Waals surface area (Å²) in [5.74, 6) is 0. The Morgan fingerprint density at radius 3 is 1.29 bits per heavy atom. The molecule has 0 rings (SSSR count). The summed E-state index contributed by atoms with van der Waals surface area (Å²) in [6, 6.07) is 0. The summed E-state index contributed by atoms with van der Waals surface area (Å²) >= 11 is 0. The third-order valence-corrected chi connectivity index (χ3v) is 0.